The van der Waals surface area contributed by atoms with E-state index < -0.39 is 11.6 Å². The molecule has 0 amide bonds. The molecule has 0 aliphatic rings. The van der Waals surface area contributed by atoms with Crippen LogP contribution in [0.4, 0.5) is 8.78 Å². The van der Waals surface area contributed by atoms with Gasteiger partial charge in [-0.3, -0.25) is 0 Å². The standard InChI is InChI=1S/C10H7F2NOS/c11-6-1-2-8(9(12)3-6)10-4-7(5-15)13-14-10/h1-4,15H,5H2. The molecule has 0 bridgehead atoms. The molecule has 78 valence electrons. The summed E-state index contributed by atoms with van der Waals surface area (Å²) in [6.07, 6.45) is 0. The van der Waals surface area contributed by atoms with E-state index in [1.165, 1.54) is 12.1 Å². The Morgan fingerprint density at radius 3 is 2.67 bits per heavy atom. The van der Waals surface area contributed by atoms with Crippen LogP contribution in [-0.4, -0.2) is 5.16 Å². The zero-order valence-electron chi connectivity index (χ0n) is 7.58. The van der Waals surface area contributed by atoms with Gasteiger partial charge in [-0.05, 0) is 12.1 Å². The molecule has 0 radical (unpaired) electrons. The summed E-state index contributed by atoms with van der Waals surface area (Å²) < 4.78 is 30.8. The lowest BCUT2D eigenvalue weighted by molar-refractivity contribution is 0.424. The average Bonchev–Trinajstić information content (AvgIpc) is 2.66. The van der Waals surface area contributed by atoms with E-state index in [1.807, 2.05) is 0 Å². The van der Waals surface area contributed by atoms with Gasteiger partial charge in [0.15, 0.2) is 5.76 Å². The summed E-state index contributed by atoms with van der Waals surface area (Å²) in [6, 6.07) is 4.86. The van der Waals surface area contributed by atoms with E-state index >= 15 is 0 Å². The Bertz CT molecular complexity index is 484. The van der Waals surface area contributed by atoms with Gasteiger partial charge in [-0.15, -0.1) is 0 Å². The van der Waals surface area contributed by atoms with Crippen molar-refractivity contribution in [3.05, 3.63) is 41.6 Å². The van der Waals surface area contributed by atoms with E-state index in [-0.39, 0.29) is 11.3 Å². The Morgan fingerprint density at radius 1 is 1.27 bits per heavy atom. The number of rotatable bonds is 2. The van der Waals surface area contributed by atoms with Gasteiger partial charge in [-0.25, -0.2) is 8.78 Å². The molecule has 0 aliphatic heterocycles. The van der Waals surface area contributed by atoms with Crippen LogP contribution in [0.3, 0.4) is 0 Å². The van der Waals surface area contributed by atoms with E-state index in [0.29, 0.717) is 11.4 Å². The maximum absolute atomic E-state index is 13.3. The van der Waals surface area contributed by atoms with Gasteiger partial charge in [-0.2, -0.15) is 12.6 Å². The smallest absolute Gasteiger partial charge is 0.170 e. The third kappa shape index (κ3) is 2.02. The first-order valence-corrected chi connectivity index (χ1v) is 4.86. The van der Waals surface area contributed by atoms with Crippen LogP contribution >= 0.6 is 12.6 Å². The highest BCUT2D eigenvalue weighted by Crippen LogP contribution is 2.24. The minimum absolute atomic E-state index is 0.192. The van der Waals surface area contributed by atoms with Gasteiger partial charge in [0.25, 0.3) is 0 Å². The molecule has 0 fully saturated rings. The maximum Gasteiger partial charge on any atom is 0.170 e. The molecule has 1 aromatic heterocycles. The second kappa shape index (κ2) is 4.02. The highest BCUT2D eigenvalue weighted by molar-refractivity contribution is 7.79. The van der Waals surface area contributed by atoms with Gasteiger partial charge in [0.1, 0.15) is 11.6 Å². The maximum atomic E-state index is 13.3. The first-order valence-electron chi connectivity index (χ1n) is 4.22. The van der Waals surface area contributed by atoms with Crippen molar-refractivity contribution >= 4 is 12.6 Å². The van der Waals surface area contributed by atoms with Gasteiger partial charge in [0.2, 0.25) is 0 Å². The minimum atomic E-state index is -0.670. The van der Waals surface area contributed by atoms with Gasteiger partial charge < -0.3 is 4.52 Å². The molecule has 2 rings (SSSR count). The van der Waals surface area contributed by atoms with Crippen LogP contribution < -0.4 is 0 Å². The quantitative estimate of drug-likeness (QED) is 0.798. The van der Waals surface area contributed by atoms with Gasteiger partial charge >= 0.3 is 0 Å². The van der Waals surface area contributed by atoms with Crippen LogP contribution in [0.5, 0.6) is 0 Å². The molecule has 2 aromatic rings. The molecule has 0 saturated carbocycles. The second-order valence-corrected chi connectivity index (χ2v) is 3.28. The normalized spacial score (nSPS) is 10.6. The summed E-state index contributed by atoms with van der Waals surface area (Å²) in [4.78, 5) is 0. The molecular formula is C10H7F2NOS. The summed E-state index contributed by atoms with van der Waals surface area (Å²) in [7, 11) is 0. The zero-order chi connectivity index (χ0) is 10.8. The van der Waals surface area contributed by atoms with Crippen molar-refractivity contribution in [2.24, 2.45) is 0 Å². The molecule has 0 N–H and O–H groups in total. The monoisotopic (exact) mass is 227 g/mol. The van der Waals surface area contributed by atoms with Crippen molar-refractivity contribution in [2.75, 3.05) is 0 Å². The largest absolute Gasteiger partial charge is 0.356 e. The SMILES string of the molecule is Fc1ccc(-c2cc(CS)no2)c(F)c1. The highest BCUT2D eigenvalue weighted by atomic mass is 32.1. The summed E-state index contributed by atoms with van der Waals surface area (Å²) in [6.45, 7) is 0. The fraction of sp³-hybridized carbons (Fsp3) is 0.100. The fourth-order valence-electron chi connectivity index (χ4n) is 1.20. The van der Waals surface area contributed by atoms with Crippen molar-refractivity contribution in [1.29, 1.82) is 0 Å². The summed E-state index contributed by atoms with van der Waals surface area (Å²) in [5.41, 5.74) is 0.800. The van der Waals surface area contributed by atoms with Crippen molar-refractivity contribution in [3.8, 4) is 11.3 Å². The van der Waals surface area contributed by atoms with Crippen LogP contribution in [-0.2, 0) is 5.75 Å². The third-order valence-corrected chi connectivity index (χ3v) is 2.24. The Balaban J connectivity index is 2.44. The summed E-state index contributed by atoms with van der Waals surface area (Å²) >= 11 is 4.00. The Kier molecular flexibility index (Phi) is 2.73. The predicted molar refractivity (Wildman–Crippen MR) is 54.5 cm³/mol. The first kappa shape index (κ1) is 10.2. The fourth-order valence-corrected chi connectivity index (χ4v) is 1.35. The molecular weight excluding hydrogens is 220 g/mol. The molecule has 0 aliphatic carbocycles. The predicted octanol–water partition coefficient (Wildman–Crippen LogP) is 3.05. The Hall–Kier alpha value is -1.36. The van der Waals surface area contributed by atoms with E-state index in [0.717, 1.165) is 6.07 Å². The number of benzene rings is 1. The van der Waals surface area contributed by atoms with E-state index in [9.17, 15) is 8.78 Å². The van der Waals surface area contributed by atoms with E-state index in [4.69, 9.17) is 4.52 Å². The average molecular weight is 227 g/mol. The molecule has 1 heterocycles. The number of hydrogen-bond donors (Lipinski definition) is 1. The van der Waals surface area contributed by atoms with Crippen LogP contribution in [0.25, 0.3) is 11.3 Å². The van der Waals surface area contributed by atoms with E-state index in [1.54, 1.807) is 6.07 Å². The zero-order valence-corrected chi connectivity index (χ0v) is 8.47. The molecule has 0 saturated heterocycles. The minimum Gasteiger partial charge on any atom is -0.356 e. The number of aromatic nitrogens is 1. The lowest BCUT2D eigenvalue weighted by Gasteiger charge is -1.97. The molecule has 0 atom stereocenters. The number of hydrogen-bond acceptors (Lipinski definition) is 3. The molecule has 5 heteroatoms. The van der Waals surface area contributed by atoms with Crippen LogP contribution in [0, 0.1) is 11.6 Å². The molecule has 0 spiro atoms. The number of thiol groups is 1. The Labute approximate surface area is 90.3 Å². The molecule has 15 heavy (non-hydrogen) atoms. The Morgan fingerprint density at radius 2 is 2.07 bits per heavy atom. The summed E-state index contributed by atoms with van der Waals surface area (Å²) in [5, 5.41) is 3.66. The second-order valence-electron chi connectivity index (χ2n) is 2.96. The van der Waals surface area contributed by atoms with Crippen molar-refractivity contribution in [3.63, 3.8) is 0 Å². The molecule has 2 nitrogen and oxygen atoms in total. The first-order chi connectivity index (χ1) is 7.20. The van der Waals surface area contributed by atoms with Crippen molar-refractivity contribution < 1.29 is 13.3 Å². The lowest BCUT2D eigenvalue weighted by atomic mass is 10.1. The van der Waals surface area contributed by atoms with Crippen LogP contribution in [0.2, 0.25) is 0 Å². The van der Waals surface area contributed by atoms with Crippen molar-refractivity contribution in [2.45, 2.75) is 5.75 Å². The highest BCUT2D eigenvalue weighted by Gasteiger charge is 2.11. The third-order valence-electron chi connectivity index (χ3n) is 1.92. The van der Waals surface area contributed by atoms with Gasteiger partial charge in [0.05, 0.1) is 11.3 Å². The van der Waals surface area contributed by atoms with Gasteiger partial charge in [-0.1, -0.05) is 5.16 Å². The molecule has 0 unspecified atom stereocenters. The number of nitrogens with zero attached hydrogens (tertiary/aromatic N) is 1. The van der Waals surface area contributed by atoms with Crippen LogP contribution in [0.15, 0.2) is 28.8 Å². The summed E-state index contributed by atoms with van der Waals surface area (Å²) in [5.74, 6) is -0.606. The van der Waals surface area contributed by atoms with Crippen molar-refractivity contribution in [1.82, 2.24) is 5.16 Å². The lowest BCUT2D eigenvalue weighted by Crippen LogP contribution is -1.84. The van der Waals surface area contributed by atoms with Crippen LogP contribution in [0.1, 0.15) is 5.69 Å². The van der Waals surface area contributed by atoms with Gasteiger partial charge in [0, 0.05) is 17.9 Å². The van der Waals surface area contributed by atoms with E-state index in [2.05, 4.69) is 17.8 Å². The molecule has 1 aromatic carbocycles. The topological polar surface area (TPSA) is 26.0 Å². The number of halogens is 2.